The normalized spacial score (nSPS) is 11.1. The molecule has 0 saturated heterocycles. The van der Waals surface area contributed by atoms with Crippen LogP contribution in [0.5, 0.6) is 0 Å². The summed E-state index contributed by atoms with van der Waals surface area (Å²) in [5.74, 6) is 0. The lowest BCUT2D eigenvalue weighted by Gasteiger charge is -2.10. The van der Waals surface area contributed by atoms with Gasteiger partial charge in [-0.1, -0.05) is 24.3 Å². The maximum atomic E-state index is 2.28. The van der Waals surface area contributed by atoms with Crippen molar-refractivity contribution in [2.75, 3.05) is 0 Å². The van der Waals surface area contributed by atoms with Gasteiger partial charge in [0.1, 0.15) is 0 Å². The fourth-order valence-corrected chi connectivity index (χ4v) is 2.65. The number of para-hydroxylation sites is 1. The second kappa shape index (κ2) is 4.02. The quantitative estimate of drug-likeness (QED) is 0.583. The SMILES string of the molecule is Cc1cc(C)c2ccn(-c3ccccc3C)c2c1. The van der Waals surface area contributed by atoms with E-state index in [1.807, 2.05) is 0 Å². The zero-order chi connectivity index (χ0) is 12.7. The van der Waals surface area contributed by atoms with Crippen molar-refractivity contribution in [2.24, 2.45) is 0 Å². The van der Waals surface area contributed by atoms with Crippen LogP contribution in [0.4, 0.5) is 0 Å². The number of rotatable bonds is 1. The van der Waals surface area contributed by atoms with Crippen LogP contribution in [0.3, 0.4) is 0 Å². The Hall–Kier alpha value is -2.02. The van der Waals surface area contributed by atoms with Crippen LogP contribution in [0.1, 0.15) is 16.7 Å². The highest BCUT2D eigenvalue weighted by Gasteiger charge is 2.07. The monoisotopic (exact) mass is 235 g/mol. The van der Waals surface area contributed by atoms with Crippen molar-refractivity contribution >= 4 is 10.9 Å². The molecule has 18 heavy (non-hydrogen) atoms. The van der Waals surface area contributed by atoms with Gasteiger partial charge in [-0.15, -0.1) is 0 Å². The average Bonchev–Trinajstić information content (AvgIpc) is 2.73. The summed E-state index contributed by atoms with van der Waals surface area (Å²) in [4.78, 5) is 0. The van der Waals surface area contributed by atoms with Crippen LogP contribution in [0.2, 0.25) is 0 Å². The van der Waals surface area contributed by atoms with E-state index in [1.54, 1.807) is 0 Å². The summed E-state index contributed by atoms with van der Waals surface area (Å²) < 4.78 is 2.28. The molecule has 90 valence electrons. The lowest BCUT2D eigenvalue weighted by atomic mass is 10.1. The highest BCUT2D eigenvalue weighted by Crippen LogP contribution is 2.26. The molecule has 3 aromatic rings. The number of aromatic nitrogens is 1. The molecule has 0 N–H and O–H groups in total. The standard InChI is InChI=1S/C17H17N/c1-12-10-14(3)15-8-9-18(17(15)11-12)16-7-5-4-6-13(16)2/h4-11H,1-3H3. The summed E-state index contributed by atoms with van der Waals surface area (Å²) in [6, 6.07) is 15.2. The molecule has 1 aromatic heterocycles. The van der Waals surface area contributed by atoms with Crippen LogP contribution in [-0.2, 0) is 0 Å². The van der Waals surface area contributed by atoms with Crippen molar-refractivity contribution in [3.05, 3.63) is 65.4 Å². The molecule has 0 aliphatic rings. The lowest BCUT2D eigenvalue weighted by Crippen LogP contribution is -1.95. The van der Waals surface area contributed by atoms with Gasteiger partial charge in [-0.25, -0.2) is 0 Å². The van der Waals surface area contributed by atoms with Gasteiger partial charge in [-0.2, -0.15) is 0 Å². The molecule has 0 aliphatic carbocycles. The van der Waals surface area contributed by atoms with Gasteiger partial charge >= 0.3 is 0 Å². The summed E-state index contributed by atoms with van der Waals surface area (Å²) in [6.07, 6.45) is 2.17. The summed E-state index contributed by atoms with van der Waals surface area (Å²) >= 11 is 0. The van der Waals surface area contributed by atoms with Crippen LogP contribution in [0.25, 0.3) is 16.6 Å². The van der Waals surface area contributed by atoms with Gasteiger partial charge in [0.05, 0.1) is 5.52 Å². The number of benzene rings is 2. The number of fused-ring (bicyclic) bond motifs is 1. The largest absolute Gasteiger partial charge is 0.316 e. The molecule has 0 radical (unpaired) electrons. The lowest BCUT2D eigenvalue weighted by molar-refractivity contribution is 1.10. The minimum atomic E-state index is 1.26. The van der Waals surface area contributed by atoms with E-state index in [-0.39, 0.29) is 0 Å². The summed E-state index contributed by atoms with van der Waals surface area (Å²) in [5, 5.41) is 1.34. The van der Waals surface area contributed by atoms with Gasteiger partial charge in [0.15, 0.2) is 0 Å². The van der Waals surface area contributed by atoms with Crippen LogP contribution < -0.4 is 0 Å². The number of hydrogen-bond acceptors (Lipinski definition) is 0. The van der Waals surface area contributed by atoms with E-state index in [2.05, 4.69) is 74.0 Å². The third-order valence-electron chi connectivity index (χ3n) is 3.53. The molecule has 2 aromatic carbocycles. The summed E-state index contributed by atoms with van der Waals surface area (Å²) in [7, 11) is 0. The van der Waals surface area contributed by atoms with E-state index in [9.17, 15) is 0 Å². The highest BCUT2D eigenvalue weighted by molar-refractivity contribution is 5.86. The van der Waals surface area contributed by atoms with E-state index in [4.69, 9.17) is 0 Å². The van der Waals surface area contributed by atoms with Gasteiger partial charge in [-0.05, 0) is 55.7 Å². The summed E-state index contributed by atoms with van der Waals surface area (Å²) in [5.41, 5.74) is 6.51. The fourth-order valence-electron chi connectivity index (χ4n) is 2.65. The first-order valence-corrected chi connectivity index (χ1v) is 6.31. The topological polar surface area (TPSA) is 4.93 Å². The molecule has 1 heterocycles. The molecule has 0 fully saturated rings. The second-order valence-corrected chi connectivity index (χ2v) is 4.99. The van der Waals surface area contributed by atoms with Crippen LogP contribution in [0.15, 0.2) is 48.7 Å². The first-order valence-electron chi connectivity index (χ1n) is 6.31. The third-order valence-corrected chi connectivity index (χ3v) is 3.53. The highest BCUT2D eigenvalue weighted by atomic mass is 15.0. The average molecular weight is 235 g/mol. The van der Waals surface area contributed by atoms with Crippen molar-refractivity contribution in [1.82, 2.24) is 4.57 Å². The molecular weight excluding hydrogens is 218 g/mol. The first-order chi connectivity index (χ1) is 8.66. The Bertz CT molecular complexity index is 720. The van der Waals surface area contributed by atoms with Crippen molar-refractivity contribution in [1.29, 1.82) is 0 Å². The van der Waals surface area contributed by atoms with Crippen molar-refractivity contribution in [3.63, 3.8) is 0 Å². The molecule has 0 bridgehead atoms. The van der Waals surface area contributed by atoms with Gasteiger partial charge in [0, 0.05) is 17.3 Å². The molecule has 1 heteroatoms. The van der Waals surface area contributed by atoms with Crippen molar-refractivity contribution in [2.45, 2.75) is 20.8 Å². The predicted molar refractivity (Wildman–Crippen MR) is 77.5 cm³/mol. The van der Waals surface area contributed by atoms with E-state index in [1.165, 1.54) is 33.3 Å². The number of hydrogen-bond donors (Lipinski definition) is 0. The molecule has 0 aliphatic heterocycles. The minimum Gasteiger partial charge on any atom is -0.316 e. The third kappa shape index (κ3) is 1.63. The van der Waals surface area contributed by atoms with Gasteiger partial charge < -0.3 is 4.57 Å². The molecule has 1 nitrogen and oxygen atoms in total. The molecule has 0 unspecified atom stereocenters. The number of aryl methyl sites for hydroxylation is 3. The zero-order valence-electron chi connectivity index (χ0n) is 11.1. The van der Waals surface area contributed by atoms with Crippen molar-refractivity contribution < 1.29 is 0 Å². The smallest absolute Gasteiger partial charge is 0.0533 e. The molecular formula is C17H17N. The van der Waals surface area contributed by atoms with E-state index >= 15 is 0 Å². The Kier molecular flexibility index (Phi) is 2.48. The van der Waals surface area contributed by atoms with Crippen LogP contribution in [0, 0.1) is 20.8 Å². The first kappa shape index (κ1) is 11.1. The Labute approximate surface area is 108 Å². The van der Waals surface area contributed by atoms with Crippen molar-refractivity contribution in [3.8, 4) is 5.69 Å². The second-order valence-electron chi connectivity index (χ2n) is 4.99. The predicted octanol–water partition coefficient (Wildman–Crippen LogP) is 4.56. The van der Waals surface area contributed by atoms with Gasteiger partial charge in [0.2, 0.25) is 0 Å². The van der Waals surface area contributed by atoms with Crippen LogP contribution in [-0.4, -0.2) is 4.57 Å². The minimum absolute atomic E-state index is 1.26. The Morgan fingerprint density at radius 2 is 1.61 bits per heavy atom. The molecule has 0 amide bonds. The number of nitrogens with zero attached hydrogens (tertiary/aromatic N) is 1. The maximum absolute atomic E-state index is 2.28. The Balaban J connectivity index is 2.34. The van der Waals surface area contributed by atoms with E-state index in [0.29, 0.717) is 0 Å². The molecule has 0 spiro atoms. The summed E-state index contributed by atoms with van der Waals surface area (Å²) in [6.45, 7) is 6.49. The zero-order valence-corrected chi connectivity index (χ0v) is 11.1. The molecule has 0 saturated carbocycles. The fraction of sp³-hybridized carbons (Fsp3) is 0.176. The van der Waals surface area contributed by atoms with E-state index < -0.39 is 0 Å². The van der Waals surface area contributed by atoms with Crippen LogP contribution >= 0.6 is 0 Å². The maximum Gasteiger partial charge on any atom is 0.0533 e. The van der Waals surface area contributed by atoms with E-state index in [0.717, 1.165) is 0 Å². The molecule has 0 atom stereocenters. The Morgan fingerprint density at radius 3 is 2.39 bits per heavy atom. The van der Waals surface area contributed by atoms with Gasteiger partial charge in [0.25, 0.3) is 0 Å². The van der Waals surface area contributed by atoms with Gasteiger partial charge in [-0.3, -0.25) is 0 Å². The molecule has 3 rings (SSSR count). The Morgan fingerprint density at radius 1 is 0.833 bits per heavy atom.